The van der Waals surface area contributed by atoms with Crippen molar-refractivity contribution in [3.8, 4) is 11.1 Å². The van der Waals surface area contributed by atoms with E-state index in [2.05, 4.69) is 60.3 Å². The average Bonchev–Trinajstić information content (AvgIpc) is 3.03. The van der Waals surface area contributed by atoms with Gasteiger partial charge in [-0.05, 0) is 25.8 Å². The number of carbonyl (C=O) groups excluding carboxylic acids is 1. The maximum Gasteiger partial charge on any atom is 0.224 e. The summed E-state index contributed by atoms with van der Waals surface area (Å²) in [5, 5.41) is 4.41. The number of hydrogen-bond acceptors (Lipinski definition) is 5. The Labute approximate surface area is 170 Å². The van der Waals surface area contributed by atoms with Gasteiger partial charge in [-0.15, -0.1) is 11.3 Å². The summed E-state index contributed by atoms with van der Waals surface area (Å²) in [6.45, 7) is 7.72. The number of fused-ring (bicyclic) bond motifs is 1. The highest BCUT2D eigenvalue weighted by molar-refractivity contribution is 7.19. The Balaban J connectivity index is 1.80. The van der Waals surface area contributed by atoms with Gasteiger partial charge in [0.05, 0.1) is 5.39 Å². The largest absolute Gasteiger partial charge is 0.369 e. The van der Waals surface area contributed by atoms with Crippen LogP contribution in [0.4, 0.5) is 5.82 Å². The van der Waals surface area contributed by atoms with Crippen LogP contribution in [0.15, 0.2) is 30.6 Å². The minimum absolute atomic E-state index is 0.159. The molecule has 0 saturated carbocycles. The summed E-state index contributed by atoms with van der Waals surface area (Å²) in [5.74, 6) is 0.959. The third kappa shape index (κ3) is 4.50. The molecular weight excluding hydrogens is 368 g/mol. The van der Waals surface area contributed by atoms with Gasteiger partial charge in [0.25, 0.3) is 0 Å². The second-order valence-electron chi connectivity index (χ2n) is 7.15. The molecule has 0 atom stereocenters. The first kappa shape index (κ1) is 20.3. The second kappa shape index (κ2) is 9.15. The van der Waals surface area contributed by atoms with Crippen molar-refractivity contribution in [3.63, 3.8) is 0 Å². The fraction of sp³-hybridized carbons (Fsp3) is 0.409. The molecule has 0 aliphatic heterocycles. The van der Waals surface area contributed by atoms with Crippen molar-refractivity contribution < 1.29 is 4.79 Å². The van der Waals surface area contributed by atoms with E-state index in [-0.39, 0.29) is 5.91 Å². The standard InChI is InChI=1S/C22H28N4OS/c1-5-6-13-26(4)18(27)11-12-23-21-20-19(17-9-7-15(2)8-10-17)16(3)28-22(20)25-14-24-21/h7-10,14H,5-6,11-13H2,1-4H3,(H,23,24,25). The van der Waals surface area contributed by atoms with Crippen LogP contribution >= 0.6 is 11.3 Å². The number of thiophene rings is 1. The lowest BCUT2D eigenvalue weighted by atomic mass is 10.0. The van der Waals surface area contributed by atoms with Gasteiger partial charge in [-0.1, -0.05) is 43.2 Å². The fourth-order valence-corrected chi connectivity index (χ4v) is 4.26. The van der Waals surface area contributed by atoms with Crippen molar-refractivity contribution >= 4 is 33.3 Å². The van der Waals surface area contributed by atoms with Crippen molar-refractivity contribution in [3.05, 3.63) is 41.0 Å². The lowest BCUT2D eigenvalue weighted by Gasteiger charge is -2.17. The molecule has 1 aromatic carbocycles. The average molecular weight is 397 g/mol. The van der Waals surface area contributed by atoms with E-state index in [0.717, 1.165) is 35.4 Å². The van der Waals surface area contributed by atoms with Gasteiger partial charge >= 0.3 is 0 Å². The second-order valence-corrected chi connectivity index (χ2v) is 8.35. The fourth-order valence-electron chi connectivity index (χ4n) is 3.24. The number of benzene rings is 1. The third-order valence-electron chi connectivity index (χ3n) is 4.91. The van der Waals surface area contributed by atoms with Crippen molar-refractivity contribution in [2.75, 3.05) is 25.5 Å². The van der Waals surface area contributed by atoms with Crippen molar-refractivity contribution in [2.45, 2.75) is 40.0 Å². The van der Waals surface area contributed by atoms with Gasteiger partial charge in [0.2, 0.25) is 5.91 Å². The molecule has 0 saturated heterocycles. The molecule has 0 radical (unpaired) electrons. The minimum atomic E-state index is 0.159. The maximum absolute atomic E-state index is 12.3. The molecule has 3 rings (SSSR count). The van der Waals surface area contributed by atoms with Gasteiger partial charge in [0.1, 0.15) is 17.0 Å². The van der Waals surface area contributed by atoms with Crippen LogP contribution in [0.2, 0.25) is 0 Å². The van der Waals surface area contributed by atoms with Crippen LogP contribution in [0.1, 0.15) is 36.6 Å². The van der Waals surface area contributed by atoms with Gasteiger partial charge in [0.15, 0.2) is 0 Å². The molecule has 0 spiro atoms. The Hall–Kier alpha value is -2.47. The number of nitrogens with zero attached hydrogens (tertiary/aromatic N) is 3. The van der Waals surface area contributed by atoms with Crippen molar-refractivity contribution in [1.29, 1.82) is 0 Å². The predicted octanol–water partition coefficient (Wildman–Crippen LogP) is 5.04. The Morgan fingerprint density at radius 1 is 1.18 bits per heavy atom. The molecule has 0 bridgehead atoms. The number of nitrogens with one attached hydrogen (secondary N) is 1. The molecule has 0 fully saturated rings. The third-order valence-corrected chi connectivity index (χ3v) is 5.92. The molecular formula is C22H28N4OS. The molecule has 2 aromatic heterocycles. The van der Waals surface area contributed by atoms with E-state index in [1.165, 1.54) is 21.6 Å². The Kier molecular flexibility index (Phi) is 6.62. The first-order chi connectivity index (χ1) is 13.5. The topological polar surface area (TPSA) is 58.1 Å². The predicted molar refractivity (Wildman–Crippen MR) is 118 cm³/mol. The van der Waals surface area contributed by atoms with Crippen LogP contribution in [-0.2, 0) is 4.79 Å². The van der Waals surface area contributed by atoms with E-state index in [4.69, 9.17) is 0 Å². The monoisotopic (exact) mass is 396 g/mol. The summed E-state index contributed by atoms with van der Waals surface area (Å²) in [6, 6.07) is 8.54. The zero-order valence-electron chi connectivity index (χ0n) is 17.1. The quantitative estimate of drug-likeness (QED) is 0.580. The Bertz CT molecular complexity index is 949. The van der Waals surface area contributed by atoms with Gasteiger partial charge < -0.3 is 10.2 Å². The van der Waals surface area contributed by atoms with Crippen molar-refractivity contribution in [2.24, 2.45) is 0 Å². The Morgan fingerprint density at radius 2 is 1.93 bits per heavy atom. The van der Waals surface area contributed by atoms with Crippen LogP contribution in [0.25, 0.3) is 21.3 Å². The molecule has 3 aromatic rings. The van der Waals surface area contributed by atoms with Crippen LogP contribution in [-0.4, -0.2) is 40.9 Å². The van der Waals surface area contributed by atoms with E-state index in [9.17, 15) is 4.79 Å². The highest BCUT2D eigenvalue weighted by atomic mass is 32.1. The normalized spacial score (nSPS) is 11.0. The van der Waals surface area contributed by atoms with Crippen LogP contribution in [0.5, 0.6) is 0 Å². The summed E-state index contributed by atoms with van der Waals surface area (Å²) in [4.78, 5) is 25.2. The van der Waals surface area contributed by atoms with Crippen LogP contribution in [0.3, 0.4) is 0 Å². The van der Waals surface area contributed by atoms with Gasteiger partial charge in [0, 0.05) is 37.0 Å². The molecule has 0 aliphatic rings. The number of aromatic nitrogens is 2. The van der Waals surface area contributed by atoms with E-state index in [1.807, 2.05) is 11.9 Å². The maximum atomic E-state index is 12.3. The number of carbonyl (C=O) groups is 1. The lowest BCUT2D eigenvalue weighted by Crippen LogP contribution is -2.29. The molecule has 1 amide bonds. The lowest BCUT2D eigenvalue weighted by molar-refractivity contribution is -0.129. The zero-order valence-corrected chi connectivity index (χ0v) is 17.9. The Morgan fingerprint density at radius 3 is 2.64 bits per heavy atom. The highest BCUT2D eigenvalue weighted by Crippen LogP contribution is 2.40. The van der Waals surface area contributed by atoms with E-state index >= 15 is 0 Å². The van der Waals surface area contributed by atoms with Gasteiger partial charge in [-0.3, -0.25) is 4.79 Å². The molecule has 5 nitrogen and oxygen atoms in total. The smallest absolute Gasteiger partial charge is 0.224 e. The summed E-state index contributed by atoms with van der Waals surface area (Å²) in [7, 11) is 1.87. The SMILES string of the molecule is CCCCN(C)C(=O)CCNc1ncnc2sc(C)c(-c3ccc(C)cc3)c12. The van der Waals surface area contributed by atoms with E-state index < -0.39 is 0 Å². The summed E-state index contributed by atoms with van der Waals surface area (Å²) in [5.41, 5.74) is 3.58. The number of amides is 1. The molecule has 0 unspecified atom stereocenters. The first-order valence-corrected chi connectivity index (χ1v) is 10.6. The summed E-state index contributed by atoms with van der Waals surface area (Å²) < 4.78 is 0. The van der Waals surface area contributed by atoms with E-state index in [1.54, 1.807) is 17.7 Å². The molecule has 2 heterocycles. The van der Waals surface area contributed by atoms with Crippen molar-refractivity contribution in [1.82, 2.24) is 14.9 Å². The minimum Gasteiger partial charge on any atom is -0.369 e. The number of anilines is 1. The van der Waals surface area contributed by atoms with Crippen LogP contribution < -0.4 is 5.32 Å². The number of aryl methyl sites for hydroxylation is 2. The summed E-state index contributed by atoms with van der Waals surface area (Å²) >= 11 is 1.68. The number of rotatable bonds is 8. The molecule has 0 aliphatic carbocycles. The van der Waals surface area contributed by atoms with Gasteiger partial charge in [-0.25, -0.2) is 9.97 Å². The molecule has 1 N–H and O–H groups in total. The molecule has 148 valence electrons. The zero-order chi connectivity index (χ0) is 20.1. The van der Waals surface area contributed by atoms with Gasteiger partial charge in [-0.2, -0.15) is 0 Å². The first-order valence-electron chi connectivity index (χ1n) is 9.80. The summed E-state index contributed by atoms with van der Waals surface area (Å²) in [6.07, 6.45) is 4.17. The van der Waals surface area contributed by atoms with Crippen LogP contribution in [0, 0.1) is 13.8 Å². The molecule has 28 heavy (non-hydrogen) atoms. The molecule has 6 heteroatoms. The highest BCUT2D eigenvalue weighted by Gasteiger charge is 2.17. The number of unbranched alkanes of at least 4 members (excludes halogenated alkanes) is 1. The number of hydrogen-bond donors (Lipinski definition) is 1. The van der Waals surface area contributed by atoms with E-state index in [0.29, 0.717) is 13.0 Å².